The van der Waals surface area contributed by atoms with Gasteiger partial charge in [-0.15, -0.1) is 0 Å². The van der Waals surface area contributed by atoms with E-state index >= 15 is 0 Å². The molecule has 1 saturated heterocycles. The molecule has 5 heteroatoms. The molecule has 2 aromatic rings. The minimum atomic E-state index is -0.411. The van der Waals surface area contributed by atoms with Crippen molar-refractivity contribution in [2.24, 2.45) is 0 Å². The molecule has 1 aliphatic rings. The van der Waals surface area contributed by atoms with Crippen LogP contribution < -0.4 is 5.73 Å². The van der Waals surface area contributed by atoms with E-state index in [4.69, 9.17) is 10.5 Å². The Bertz CT molecular complexity index is 720. The summed E-state index contributed by atoms with van der Waals surface area (Å²) in [5.74, 6) is -0.253. The number of rotatable bonds is 4. The van der Waals surface area contributed by atoms with Crippen LogP contribution in [0.3, 0.4) is 0 Å². The van der Waals surface area contributed by atoms with Gasteiger partial charge in [-0.3, -0.25) is 4.79 Å². The van der Waals surface area contributed by atoms with Crippen molar-refractivity contribution in [3.63, 3.8) is 0 Å². The van der Waals surface area contributed by atoms with Gasteiger partial charge in [0, 0.05) is 24.2 Å². The zero-order valence-electron chi connectivity index (χ0n) is 13.5. The summed E-state index contributed by atoms with van der Waals surface area (Å²) in [6, 6.07) is 14.1. The first-order valence-electron chi connectivity index (χ1n) is 8.12. The first-order chi connectivity index (χ1) is 11.6. The normalized spacial score (nSPS) is 17.7. The maximum Gasteiger partial charge on any atom is 0.223 e. The fourth-order valence-electron chi connectivity index (χ4n) is 2.96. The van der Waals surface area contributed by atoms with Gasteiger partial charge in [0.2, 0.25) is 5.91 Å². The van der Waals surface area contributed by atoms with Crippen LogP contribution in [0.15, 0.2) is 48.5 Å². The van der Waals surface area contributed by atoms with Gasteiger partial charge in [0.25, 0.3) is 0 Å². The Hall–Kier alpha value is -2.40. The van der Waals surface area contributed by atoms with Crippen molar-refractivity contribution in [1.29, 1.82) is 0 Å². The van der Waals surface area contributed by atoms with E-state index in [0.29, 0.717) is 43.8 Å². The lowest BCUT2D eigenvalue weighted by Gasteiger charge is -2.33. The second kappa shape index (κ2) is 7.45. The van der Waals surface area contributed by atoms with E-state index in [9.17, 15) is 9.18 Å². The summed E-state index contributed by atoms with van der Waals surface area (Å²) < 4.78 is 19.6. The molecule has 126 valence electrons. The van der Waals surface area contributed by atoms with Crippen molar-refractivity contribution in [3.8, 4) is 0 Å². The van der Waals surface area contributed by atoms with E-state index < -0.39 is 6.10 Å². The number of nitrogens with zero attached hydrogens (tertiary/aromatic N) is 1. The first-order valence-corrected chi connectivity index (χ1v) is 8.12. The minimum Gasteiger partial charge on any atom is -0.399 e. The van der Waals surface area contributed by atoms with E-state index in [2.05, 4.69) is 0 Å². The number of carbonyl (C=O) groups is 1. The van der Waals surface area contributed by atoms with Crippen LogP contribution in [-0.2, 0) is 16.0 Å². The molecule has 2 aromatic carbocycles. The van der Waals surface area contributed by atoms with Crippen molar-refractivity contribution in [3.05, 3.63) is 65.5 Å². The Labute approximate surface area is 141 Å². The van der Waals surface area contributed by atoms with Gasteiger partial charge < -0.3 is 15.4 Å². The summed E-state index contributed by atoms with van der Waals surface area (Å²) in [5.41, 5.74) is 8.10. The number of para-hydroxylation sites is 1. The molecule has 2 N–H and O–H groups in total. The molecule has 1 heterocycles. The first kappa shape index (κ1) is 16.5. The van der Waals surface area contributed by atoms with Gasteiger partial charge in [-0.25, -0.2) is 4.39 Å². The molecule has 0 radical (unpaired) electrons. The molecule has 3 rings (SSSR count). The third-order valence-corrected chi connectivity index (χ3v) is 4.33. The van der Waals surface area contributed by atoms with E-state index in [1.807, 2.05) is 24.3 Å². The van der Waals surface area contributed by atoms with Crippen molar-refractivity contribution in [2.75, 3.05) is 25.4 Å². The van der Waals surface area contributed by atoms with Gasteiger partial charge in [0.15, 0.2) is 0 Å². The van der Waals surface area contributed by atoms with Gasteiger partial charge in [-0.1, -0.05) is 36.4 Å². The number of ether oxygens (including phenoxy) is 1. The van der Waals surface area contributed by atoms with Gasteiger partial charge >= 0.3 is 0 Å². The Kier molecular flexibility index (Phi) is 5.11. The van der Waals surface area contributed by atoms with E-state index in [0.717, 1.165) is 5.56 Å². The lowest BCUT2D eigenvalue weighted by atomic mass is 10.1. The zero-order chi connectivity index (χ0) is 16.9. The van der Waals surface area contributed by atoms with Crippen LogP contribution in [0.4, 0.5) is 10.1 Å². The van der Waals surface area contributed by atoms with E-state index in [1.54, 1.807) is 23.1 Å². The molecule has 0 bridgehead atoms. The summed E-state index contributed by atoms with van der Waals surface area (Å²) in [6.45, 7) is 1.33. The molecule has 1 aliphatic heterocycles. The summed E-state index contributed by atoms with van der Waals surface area (Å²) in [6.07, 6.45) is 0.580. The number of amides is 1. The molecule has 0 saturated carbocycles. The zero-order valence-corrected chi connectivity index (χ0v) is 13.5. The highest BCUT2D eigenvalue weighted by Gasteiger charge is 2.26. The van der Waals surface area contributed by atoms with Gasteiger partial charge in [0.1, 0.15) is 11.9 Å². The molecular weight excluding hydrogens is 307 g/mol. The molecule has 4 nitrogen and oxygen atoms in total. The predicted octanol–water partition coefficient (Wildman–Crippen LogP) is 2.94. The summed E-state index contributed by atoms with van der Waals surface area (Å²) in [5, 5.41) is 0. The maximum atomic E-state index is 13.9. The van der Waals surface area contributed by atoms with Crippen LogP contribution >= 0.6 is 0 Å². The summed E-state index contributed by atoms with van der Waals surface area (Å²) in [4.78, 5) is 14.2. The van der Waals surface area contributed by atoms with Gasteiger partial charge in [-0.05, 0) is 24.1 Å². The third kappa shape index (κ3) is 3.74. The molecule has 0 aromatic heterocycles. The molecule has 1 atom stereocenters. The SMILES string of the molecule is Nc1ccccc1CCC(=O)N1CCOC(c2ccccc2F)C1. The second-order valence-corrected chi connectivity index (χ2v) is 5.92. The number of carbonyl (C=O) groups excluding carboxylic acids is 1. The van der Waals surface area contributed by atoms with Crippen LogP contribution in [0.1, 0.15) is 23.7 Å². The fourth-order valence-corrected chi connectivity index (χ4v) is 2.96. The largest absolute Gasteiger partial charge is 0.399 e. The molecule has 1 unspecified atom stereocenters. The summed E-state index contributed by atoms with van der Waals surface area (Å²) >= 11 is 0. The van der Waals surface area contributed by atoms with Crippen LogP contribution in [0.2, 0.25) is 0 Å². The lowest BCUT2D eigenvalue weighted by Crippen LogP contribution is -2.42. The lowest BCUT2D eigenvalue weighted by molar-refractivity contribution is -0.139. The summed E-state index contributed by atoms with van der Waals surface area (Å²) in [7, 11) is 0. The average Bonchev–Trinajstić information content (AvgIpc) is 2.61. The number of anilines is 1. The Morgan fingerprint density at radius 2 is 1.96 bits per heavy atom. The highest BCUT2D eigenvalue weighted by Crippen LogP contribution is 2.25. The smallest absolute Gasteiger partial charge is 0.223 e. The number of hydrogen-bond acceptors (Lipinski definition) is 3. The average molecular weight is 328 g/mol. The Morgan fingerprint density at radius 1 is 1.21 bits per heavy atom. The monoisotopic (exact) mass is 328 g/mol. The Balaban J connectivity index is 1.61. The van der Waals surface area contributed by atoms with Gasteiger partial charge in [0.05, 0.1) is 13.2 Å². The second-order valence-electron chi connectivity index (χ2n) is 5.92. The standard InChI is InChI=1S/C19H21FN2O2/c20-16-7-3-2-6-15(16)18-13-22(11-12-24-18)19(23)10-9-14-5-1-4-8-17(14)21/h1-8,18H,9-13,21H2. The molecule has 24 heavy (non-hydrogen) atoms. The maximum absolute atomic E-state index is 13.9. The quantitative estimate of drug-likeness (QED) is 0.878. The fraction of sp³-hybridized carbons (Fsp3) is 0.316. The number of benzene rings is 2. The number of nitrogens with two attached hydrogens (primary N) is 1. The highest BCUT2D eigenvalue weighted by atomic mass is 19.1. The highest BCUT2D eigenvalue weighted by molar-refractivity contribution is 5.77. The number of morpholine rings is 1. The van der Waals surface area contributed by atoms with Crippen LogP contribution in [0, 0.1) is 5.82 Å². The molecule has 1 amide bonds. The van der Waals surface area contributed by atoms with E-state index in [1.165, 1.54) is 6.07 Å². The van der Waals surface area contributed by atoms with Gasteiger partial charge in [-0.2, -0.15) is 0 Å². The number of halogens is 1. The van der Waals surface area contributed by atoms with Crippen LogP contribution in [0.25, 0.3) is 0 Å². The van der Waals surface area contributed by atoms with Crippen molar-refractivity contribution >= 4 is 11.6 Å². The number of nitrogen functional groups attached to an aromatic ring is 1. The molecule has 1 fully saturated rings. The Morgan fingerprint density at radius 3 is 2.75 bits per heavy atom. The van der Waals surface area contributed by atoms with Crippen molar-refractivity contribution in [2.45, 2.75) is 18.9 Å². The molecular formula is C19H21FN2O2. The minimum absolute atomic E-state index is 0.0443. The molecule has 0 aliphatic carbocycles. The van der Waals surface area contributed by atoms with Crippen LogP contribution in [0.5, 0.6) is 0 Å². The topological polar surface area (TPSA) is 55.6 Å². The van der Waals surface area contributed by atoms with E-state index in [-0.39, 0.29) is 11.7 Å². The van der Waals surface area contributed by atoms with Crippen molar-refractivity contribution < 1.29 is 13.9 Å². The number of aryl methyl sites for hydroxylation is 1. The predicted molar refractivity (Wildman–Crippen MR) is 90.8 cm³/mol. The van der Waals surface area contributed by atoms with Crippen LogP contribution in [-0.4, -0.2) is 30.5 Å². The van der Waals surface area contributed by atoms with Crippen molar-refractivity contribution in [1.82, 2.24) is 4.90 Å². The third-order valence-electron chi connectivity index (χ3n) is 4.33. The number of hydrogen-bond donors (Lipinski definition) is 1. The molecule has 0 spiro atoms.